The van der Waals surface area contributed by atoms with Crippen molar-refractivity contribution in [3.63, 3.8) is 0 Å². The highest BCUT2D eigenvalue weighted by Gasteiger charge is 2.16. The molecule has 0 aromatic rings. The summed E-state index contributed by atoms with van der Waals surface area (Å²) in [5.41, 5.74) is 0. The Morgan fingerprint density at radius 3 is 2.33 bits per heavy atom. The van der Waals surface area contributed by atoms with E-state index in [0.29, 0.717) is 5.78 Å². The van der Waals surface area contributed by atoms with E-state index < -0.39 is 0 Å². The average molecular weight is 171 g/mol. The summed E-state index contributed by atoms with van der Waals surface area (Å²) in [5, 5.41) is 0. The number of likely N-dealkylation sites (N-methyl/N-ethyl adjacent to an activating group) is 1. The van der Waals surface area contributed by atoms with E-state index in [1.54, 1.807) is 6.92 Å². The molecule has 0 saturated carbocycles. The van der Waals surface area contributed by atoms with Crippen LogP contribution >= 0.6 is 0 Å². The molecule has 0 amide bonds. The summed E-state index contributed by atoms with van der Waals surface area (Å²) in [4.78, 5) is 13.3. The number of Topliss-reactive ketones (excluding diaryl/α,β-unsaturated/α-hetero) is 1. The molecule has 0 bridgehead atoms. The van der Waals surface area contributed by atoms with Crippen LogP contribution in [0.5, 0.6) is 0 Å². The number of unbranched alkanes of at least 4 members (excludes halogenated alkanes) is 1. The van der Waals surface area contributed by atoms with Crippen molar-refractivity contribution in [2.45, 2.75) is 46.1 Å². The Hall–Kier alpha value is -0.370. The highest BCUT2D eigenvalue weighted by Crippen LogP contribution is 2.07. The summed E-state index contributed by atoms with van der Waals surface area (Å²) in [6.07, 6.45) is 3.33. The molecule has 0 spiro atoms. The first-order valence-corrected chi connectivity index (χ1v) is 4.84. The Balaban J connectivity index is 3.94. The van der Waals surface area contributed by atoms with Gasteiger partial charge in [-0.15, -0.1) is 0 Å². The SMILES string of the molecule is CCCCC(C(C)=O)N(C)CC. The van der Waals surface area contributed by atoms with Crippen molar-refractivity contribution in [1.82, 2.24) is 4.90 Å². The summed E-state index contributed by atoms with van der Waals surface area (Å²) in [6.45, 7) is 6.88. The quantitative estimate of drug-likeness (QED) is 0.610. The van der Waals surface area contributed by atoms with E-state index >= 15 is 0 Å². The zero-order valence-electron chi connectivity index (χ0n) is 8.76. The van der Waals surface area contributed by atoms with Gasteiger partial charge in [-0.2, -0.15) is 0 Å². The van der Waals surface area contributed by atoms with Crippen molar-refractivity contribution < 1.29 is 4.79 Å². The van der Waals surface area contributed by atoms with Gasteiger partial charge in [-0.05, 0) is 26.9 Å². The lowest BCUT2D eigenvalue weighted by Crippen LogP contribution is -2.36. The Morgan fingerprint density at radius 1 is 1.42 bits per heavy atom. The van der Waals surface area contributed by atoms with E-state index in [2.05, 4.69) is 18.7 Å². The minimum atomic E-state index is 0.148. The number of carbonyl (C=O) groups is 1. The van der Waals surface area contributed by atoms with Crippen LogP contribution in [0.4, 0.5) is 0 Å². The van der Waals surface area contributed by atoms with E-state index in [1.165, 1.54) is 6.42 Å². The normalized spacial score (nSPS) is 13.4. The molecule has 0 aromatic carbocycles. The number of hydrogen-bond donors (Lipinski definition) is 0. The molecule has 1 atom stereocenters. The minimum absolute atomic E-state index is 0.148. The maximum absolute atomic E-state index is 11.2. The molecule has 1 unspecified atom stereocenters. The fraction of sp³-hybridized carbons (Fsp3) is 0.900. The third kappa shape index (κ3) is 3.86. The standard InChI is InChI=1S/C10H21NO/c1-5-7-8-10(9(3)12)11(4)6-2/h10H,5-8H2,1-4H3. The van der Waals surface area contributed by atoms with Crippen LogP contribution in [0.15, 0.2) is 0 Å². The lowest BCUT2D eigenvalue weighted by atomic mass is 10.1. The Bertz CT molecular complexity index is 134. The maximum Gasteiger partial charge on any atom is 0.146 e. The van der Waals surface area contributed by atoms with Crippen LogP contribution in [-0.4, -0.2) is 30.3 Å². The van der Waals surface area contributed by atoms with E-state index in [4.69, 9.17) is 0 Å². The molecule has 12 heavy (non-hydrogen) atoms. The minimum Gasteiger partial charge on any atom is -0.298 e. The summed E-state index contributed by atoms with van der Waals surface area (Å²) >= 11 is 0. The zero-order valence-corrected chi connectivity index (χ0v) is 8.76. The van der Waals surface area contributed by atoms with Crippen molar-refractivity contribution in [3.05, 3.63) is 0 Å². The molecule has 72 valence electrons. The van der Waals surface area contributed by atoms with Gasteiger partial charge in [0.1, 0.15) is 5.78 Å². The molecule has 0 fully saturated rings. The van der Waals surface area contributed by atoms with Crippen molar-refractivity contribution >= 4 is 5.78 Å². The van der Waals surface area contributed by atoms with Gasteiger partial charge < -0.3 is 0 Å². The number of nitrogens with zero attached hydrogens (tertiary/aromatic N) is 1. The number of ketones is 1. The Labute approximate surface area is 75.9 Å². The smallest absolute Gasteiger partial charge is 0.146 e. The van der Waals surface area contributed by atoms with Crippen LogP contribution < -0.4 is 0 Å². The molecule has 0 aliphatic carbocycles. The first-order valence-electron chi connectivity index (χ1n) is 4.84. The Kier molecular flexibility index (Phi) is 5.99. The van der Waals surface area contributed by atoms with E-state index in [-0.39, 0.29) is 6.04 Å². The molecule has 0 rings (SSSR count). The molecular formula is C10H21NO. The topological polar surface area (TPSA) is 20.3 Å². The fourth-order valence-electron chi connectivity index (χ4n) is 1.35. The second-order valence-electron chi connectivity index (χ2n) is 3.34. The van der Waals surface area contributed by atoms with Crippen LogP contribution in [0.1, 0.15) is 40.0 Å². The number of rotatable bonds is 6. The molecule has 0 heterocycles. The third-order valence-corrected chi connectivity index (χ3v) is 2.33. The van der Waals surface area contributed by atoms with E-state index in [9.17, 15) is 4.79 Å². The lowest BCUT2D eigenvalue weighted by molar-refractivity contribution is -0.121. The fourth-order valence-corrected chi connectivity index (χ4v) is 1.35. The molecule has 0 N–H and O–H groups in total. The van der Waals surface area contributed by atoms with Crippen LogP contribution in [0, 0.1) is 0 Å². The second kappa shape index (κ2) is 6.18. The monoisotopic (exact) mass is 171 g/mol. The largest absolute Gasteiger partial charge is 0.298 e. The van der Waals surface area contributed by atoms with Crippen LogP contribution in [-0.2, 0) is 4.79 Å². The van der Waals surface area contributed by atoms with Crippen LogP contribution in [0.25, 0.3) is 0 Å². The third-order valence-electron chi connectivity index (χ3n) is 2.33. The van der Waals surface area contributed by atoms with Gasteiger partial charge in [-0.3, -0.25) is 9.69 Å². The molecule has 2 heteroatoms. The lowest BCUT2D eigenvalue weighted by Gasteiger charge is -2.24. The molecular weight excluding hydrogens is 150 g/mol. The molecule has 0 aromatic heterocycles. The molecule has 2 nitrogen and oxygen atoms in total. The van der Waals surface area contributed by atoms with Crippen molar-refractivity contribution in [2.24, 2.45) is 0 Å². The predicted octanol–water partition coefficient (Wildman–Crippen LogP) is 2.09. The average Bonchev–Trinajstić information content (AvgIpc) is 2.04. The summed E-state index contributed by atoms with van der Waals surface area (Å²) < 4.78 is 0. The first-order chi connectivity index (χ1) is 5.63. The first kappa shape index (κ1) is 11.6. The summed E-state index contributed by atoms with van der Waals surface area (Å²) in [7, 11) is 2.02. The summed E-state index contributed by atoms with van der Waals surface area (Å²) in [6, 6.07) is 0.148. The van der Waals surface area contributed by atoms with Gasteiger partial charge in [-0.1, -0.05) is 26.7 Å². The van der Waals surface area contributed by atoms with Gasteiger partial charge in [0.15, 0.2) is 0 Å². The maximum atomic E-state index is 11.2. The summed E-state index contributed by atoms with van der Waals surface area (Å²) in [5.74, 6) is 0.299. The van der Waals surface area contributed by atoms with Gasteiger partial charge in [0, 0.05) is 0 Å². The Morgan fingerprint density at radius 2 is 2.00 bits per heavy atom. The van der Waals surface area contributed by atoms with Gasteiger partial charge in [0.25, 0.3) is 0 Å². The van der Waals surface area contributed by atoms with Crippen molar-refractivity contribution in [3.8, 4) is 0 Å². The molecule has 0 saturated heterocycles. The molecule has 0 aliphatic rings. The highest BCUT2D eigenvalue weighted by atomic mass is 16.1. The number of carbonyl (C=O) groups excluding carboxylic acids is 1. The molecule has 0 radical (unpaired) electrons. The number of hydrogen-bond acceptors (Lipinski definition) is 2. The highest BCUT2D eigenvalue weighted by molar-refractivity contribution is 5.81. The zero-order chi connectivity index (χ0) is 9.56. The van der Waals surface area contributed by atoms with E-state index in [0.717, 1.165) is 19.4 Å². The van der Waals surface area contributed by atoms with Crippen LogP contribution in [0.3, 0.4) is 0 Å². The van der Waals surface area contributed by atoms with Gasteiger partial charge in [0.05, 0.1) is 6.04 Å². The second-order valence-corrected chi connectivity index (χ2v) is 3.34. The van der Waals surface area contributed by atoms with Gasteiger partial charge >= 0.3 is 0 Å². The molecule has 0 aliphatic heterocycles. The van der Waals surface area contributed by atoms with E-state index in [1.807, 2.05) is 7.05 Å². The predicted molar refractivity (Wildman–Crippen MR) is 52.3 cm³/mol. The van der Waals surface area contributed by atoms with Crippen molar-refractivity contribution in [2.75, 3.05) is 13.6 Å². The van der Waals surface area contributed by atoms with Crippen molar-refractivity contribution in [1.29, 1.82) is 0 Å². The van der Waals surface area contributed by atoms with Crippen LogP contribution in [0.2, 0.25) is 0 Å². The van der Waals surface area contributed by atoms with Gasteiger partial charge in [-0.25, -0.2) is 0 Å². The van der Waals surface area contributed by atoms with Gasteiger partial charge in [0.2, 0.25) is 0 Å².